The molecule has 0 bridgehead atoms. The molecule has 1 spiro atoms. The largest absolute Gasteiger partial charge is 0.492 e. The Kier molecular flexibility index (Phi) is 4.71. The maximum absolute atomic E-state index is 12.8. The molecule has 1 saturated heterocycles. The Morgan fingerprint density at radius 3 is 2.83 bits per heavy atom. The summed E-state index contributed by atoms with van der Waals surface area (Å²) in [5.41, 5.74) is 2.59. The van der Waals surface area contributed by atoms with Crippen LogP contribution in [-0.2, 0) is 17.3 Å². The van der Waals surface area contributed by atoms with Gasteiger partial charge in [0.1, 0.15) is 12.4 Å². The van der Waals surface area contributed by atoms with Crippen LogP contribution in [0.25, 0.3) is 10.9 Å². The first-order valence-corrected chi connectivity index (χ1v) is 10.7. The summed E-state index contributed by atoms with van der Waals surface area (Å²) in [6.45, 7) is 4.49. The second-order valence-corrected chi connectivity index (χ2v) is 8.85. The highest BCUT2D eigenvalue weighted by atomic mass is 35.5. The number of fused-ring (bicyclic) bond motifs is 3. The molecule has 1 N–H and O–H groups in total. The van der Waals surface area contributed by atoms with Crippen LogP contribution in [0.1, 0.15) is 25.3 Å². The van der Waals surface area contributed by atoms with E-state index in [1.165, 1.54) is 0 Å². The van der Waals surface area contributed by atoms with Gasteiger partial charge in [-0.3, -0.25) is 14.4 Å². The van der Waals surface area contributed by atoms with Crippen molar-refractivity contribution in [3.05, 3.63) is 53.2 Å². The van der Waals surface area contributed by atoms with Crippen LogP contribution < -0.4 is 10.1 Å². The lowest BCUT2D eigenvalue weighted by Gasteiger charge is -2.40. The van der Waals surface area contributed by atoms with Crippen LogP contribution in [0.5, 0.6) is 5.75 Å². The Morgan fingerprint density at radius 2 is 2.03 bits per heavy atom. The zero-order valence-electron chi connectivity index (χ0n) is 17.2. The van der Waals surface area contributed by atoms with Crippen molar-refractivity contribution in [3.63, 3.8) is 0 Å². The summed E-state index contributed by atoms with van der Waals surface area (Å²) in [5, 5.41) is 9.08. The fourth-order valence-corrected chi connectivity index (χ4v) is 4.95. The molecule has 0 unspecified atom stereocenters. The summed E-state index contributed by atoms with van der Waals surface area (Å²) in [6.07, 6.45) is 3.43. The molecule has 5 rings (SSSR count). The van der Waals surface area contributed by atoms with E-state index < -0.39 is 5.41 Å². The Labute approximate surface area is 180 Å². The minimum Gasteiger partial charge on any atom is -0.492 e. The number of benzene rings is 2. The molecule has 3 heterocycles. The van der Waals surface area contributed by atoms with E-state index in [-0.39, 0.29) is 11.9 Å². The van der Waals surface area contributed by atoms with E-state index in [0.717, 1.165) is 53.8 Å². The number of hydrogen-bond acceptors (Lipinski definition) is 4. The Hall–Kier alpha value is -2.57. The molecule has 2 aromatic carbocycles. The predicted molar refractivity (Wildman–Crippen MR) is 118 cm³/mol. The number of rotatable bonds is 4. The van der Waals surface area contributed by atoms with Gasteiger partial charge in [0, 0.05) is 29.2 Å². The fraction of sp³-hybridized carbons (Fsp3) is 0.391. The van der Waals surface area contributed by atoms with Gasteiger partial charge in [-0.25, -0.2) is 0 Å². The minimum absolute atomic E-state index is 0.105. The van der Waals surface area contributed by atoms with Crippen LogP contribution >= 0.6 is 11.6 Å². The van der Waals surface area contributed by atoms with Gasteiger partial charge in [0.25, 0.3) is 0 Å². The quantitative estimate of drug-likeness (QED) is 0.688. The summed E-state index contributed by atoms with van der Waals surface area (Å²) in [7, 11) is 1.94. The lowest BCUT2D eigenvalue weighted by atomic mass is 9.73. The highest BCUT2D eigenvalue weighted by molar-refractivity contribution is 6.31. The van der Waals surface area contributed by atoms with Crippen LogP contribution in [-0.4, -0.2) is 46.3 Å². The predicted octanol–water partition coefficient (Wildman–Crippen LogP) is 3.98. The van der Waals surface area contributed by atoms with Crippen LogP contribution in [0.2, 0.25) is 5.02 Å². The minimum atomic E-state index is -0.456. The number of ether oxygens (including phenoxy) is 1. The molecule has 3 aromatic rings. The molecular weight excluding hydrogens is 400 g/mol. The average Bonchev–Trinajstić information content (AvgIpc) is 3.24. The zero-order chi connectivity index (χ0) is 20.9. The Morgan fingerprint density at radius 1 is 1.23 bits per heavy atom. The number of halogens is 1. The zero-order valence-corrected chi connectivity index (χ0v) is 17.9. The number of piperidine rings is 1. The smallest absolute Gasteiger partial charge is 0.235 e. The van der Waals surface area contributed by atoms with Crippen molar-refractivity contribution in [3.8, 4) is 5.75 Å². The number of aryl methyl sites for hydroxylation is 1. The molecule has 2 aliphatic rings. The number of hydrogen-bond donors (Lipinski definition) is 1. The van der Waals surface area contributed by atoms with Crippen LogP contribution in [0.3, 0.4) is 0 Å². The van der Waals surface area contributed by atoms with E-state index >= 15 is 0 Å². The van der Waals surface area contributed by atoms with Crippen LogP contribution in [0.15, 0.2) is 42.6 Å². The average molecular weight is 425 g/mol. The van der Waals surface area contributed by atoms with Gasteiger partial charge in [-0.05, 0) is 74.8 Å². The van der Waals surface area contributed by atoms with E-state index in [1.807, 2.05) is 54.3 Å². The van der Waals surface area contributed by atoms with Gasteiger partial charge in [0.15, 0.2) is 0 Å². The normalized spacial score (nSPS) is 19.1. The third-order valence-corrected chi connectivity index (χ3v) is 6.90. The SMILES string of the molecule is C[C@@H](COc1ccc2c(cnn2C)c1)N1CCC2(CC1)C(=O)Nc1ccc(Cl)cc12. The monoisotopic (exact) mass is 424 g/mol. The number of carbonyl (C=O) groups is 1. The molecule has 0 radical (unpaired) electrons. The number of aromatic nitrogens is 2. The molecule has 0 aliphatic carbocycles. The maximum Gasteiger partial charge on any atom is 0.235 e. The molecule has 30 heavy (non-hydrogen) atoms. The number of likely N-dealkylation sites (tertiary alicyclic amines) is 1. The van der Waals surface area contributed by atoms with Crippen molar-refractivity contribution in [1.29, 1.82) is 0 Å². The van der Waals surface area contributed by atoms with Crippen LogP contribution in [0, 0.1) is 0 Å². The topological polar surface area (TPSA) is 59.4 Å². The van der Waals surface area contributed by atoms with Crippen molar-refractivity contribution in [2.45, 2.75) is 31.2 Å². The molecule has 6 nitrogen and oxygen atoms in total. The summed E-state index contributed by atoms with van der Waals surface area (Å²) in [5.74, 6) is 0.961. The molecular formula is C23H25ClN4O2. The highest BCUT2D eigenvalue weighted by Crippen LogP contribution is 2.46. The number of nitrogens with zero attached hydrogens (tertiary/aromatic N) is 3. The van der Waals surface area contributed by atoms with Gasteiger partial charge in [-0.1, -0.05) is 11.6 Å². The molecule has 2 aliphatic heterocycles. The van der Waals surface area contributed by atoms with Crippen molar-refractivity contribution in [2.24, 2.45) is 7.05 Å². The third-order valence-electron chi connectivity index (χ3n) is 6.66. The van der Waals surface area contributed by atoms with Gasteiger partial charge in [-0.15, -0.1) is 0 Å². The lowest BCUT2D eigenvalue weighted by Crippen LogP contribution is -2.50. The number of carbonyl (C=O) groups excluding carboxylic acids is 1. The Balaban J connectivity index is 1.23. The summed E-state index contributed by atoms with van der Waals surface area (Å²) in [6, 6.07) is 12.0. The van der Waals surface area contributed by atoms with E-state index in [9.17, 15) is 4.79 Å². The highest BCUT2D eigenvalue weighted by Gasteiger charge is 2.48. The van der Waals surface area contributed by atoms with E-state index in [4.69, 9.17) is 16.3 Å². The summed E-state index contributed by atoms with van der Waals surface area (Å²) in [4.78, 5) is 15.2. The van der Waals surface area contributed by atoms with Gasteiger partial charge in [0.2, 0.25) is 5.91 Å². The summed E-state index contributed by atoms with van der Waals surface area (Å²) < 4.78 is 7.93. The first-order valence-electron chi connectivity index (χ1n) is 10.4. The van der Waals surface area contributed by atoms with Gasteiger partial charge in [-0.2, -0.15) is 5.10 Å². The second-order valence-electron chi connectivity index (χ2n) is 8.41. The lowest BCUT2D eigenvalue weighted by molar-refractivity contribution is -0.122. The number of nitrogens with one attached hydrogen (secondary N) is 1. The second kappa shape index (κ2) is 7.29. The van der Waals surface area contributed by atoms with Gasteiger partial charge < -0.3 is 10.1 Å². The molecule has 156 valence electrons. The Bertz CT molecular complexity index is 1120. The molecule has 0 saturated carbocycles. The third kappa shape index (κ3) is 3.15. The van der Waals surface area contributed by atoms with E-state index in [0.29, 0.717) is 11.6 Å². The summed E-state index contributed by atoms with van der Waals surface area (Å²) >= 11 is 6.22. The van der Waals surface area contributed by atoms with Crippen molar-refractivity contribution < 1.29 is 9.53 Å². The number of anilines is 1. The van der Waals surface area contributed by atoms with Crippen molar-refractivity contribution in [1.82, 2.24) is 14.7 Å². The molecule has 7 heteroatoms. The van der Waals surface area contributed by atoms with E-state index in [1.54, 1.807) is 0 Å². The molecule has 1 atom stereocenters. The van der Waals surface area contributed by atoms with Gasteiger partial charge in [0.05, 0.1) is 17.1 Å². The molecule has 1 amide bonds. The van der Waals surface area contributed by atoms with Crippen LogP contribution in [0.4, 0.5) is 5.69 Å². The van der Waals surface area contributed by atoms with E-state index in [2.05, 4.69) is 22.2 Å². The first-order chi connectivity index (χ1) is 14.5. The van der Waals surface area contributed by atoms with Crippen molar-refractivity contribution in [2.75, 3.05) is 25.0 Å². The van der Waals surface area contributed by atoms with Gasteiger partial charge >= 0.3 is 0 Å². The maximum atomic E-state index is 12.8. The number of amides is 1. The molecule has 1 fully saturated rings. The standard InChI is InChI=1S/C23H25ClN4O2/c1-15(14-30-18-4-6-21-16(11-18)13-25-27(21)2)28-9-7-23(8-10-28)19-12-17(24)3-5-20(19)26-22(23)29/h3-6,11-13,15H,7-10,14H2,1-2H3,(H,26,29)/t15-/m0/s1. The fourth-order valence-electron chi connectivity index (χ4n) is 4.78. The van der Waals surface area contributed by atoms with Crippen molar-refractivity contribution >= 4 is 34.1 Å². The molecule has 1 aromatic heterocycles. The first kappa shape index (κ1) is 19.4.